The maximum absolute atomic E-state index is 8.60. The van der Waals surface area contributed by atoms with E-state index >= 15 is 0 Å². The molecule has 9 heteroatoms. The molecule has 2 rings (SSSR count). The highest BCUT2D eigenvalue weighted by molar-refractivity contribution is 8.00. The molecule has 0 radical (unpaired) electrons. The standard InChI is InChI=1S/C7H6N6OS2/c8-5(13-14)4-6(10-2-1-9-4)15-7-11-3-12-16-7/h1-3,14H,(H2,8,13). The Morgan fingerprint density at radius 3 is 2.88 bits per heavy atom. The van der Waals surface area contributed by atoms with Crippen LogP contribution in [0.3, 0.4) is 0 Å². The van der Waals surface area contributed by atoms with Crippen molar-refractivity contribution >= 4 is 29.1 Å². The van der Waals surface area contributed by atoms with E-state index in [2.05, 4.69) is 24.5 Å². The first kappa shape index (κ1) is 10.8. The molecule has 3 N–H and O–H groups in total. The second kappa shape index (κ2) is 4.86. The fourth-order valence-electron chi connectivity index (χ4n) is 0.914. The molecule has 2 heterocycles. The van der Waals surface area contributed by atoms with Gasteiger partial charge in [-0.1, -0.05) is 5.16 Å². The van der Waals surface area contributed by atoms with Crippen LogP contribution in [-0.2, 0) is 0 Å². The summed E-state index contributed by atoms with van der Waals surface area (Å²) in [7, 11) is 0. The lowest BCUT2D eigenvalue weighted by Crippen LogP contribution is -2.16. The summed E-state index contributed by atoms with van der Waals surface area (Å²) in [6.07, 6.45) is 4.45. The predicted octanol–water partition coefficient (Wildman–Crippen LogP) is 0.574. The number of nitrogens with two attached hydrogens (primary N) is 1. The normalized spacial score (nSPS) is 11.6. The van der Waals surface area contributed by atoms with Gasteiger partial charge in [0.25, 0.3) is 0 Å². The van der Waals surface area contributed by atoms with Gasteiger partial charge in [-0.2, -0.15) is 4.37 Å². The molecule has 0 atom stereocenters. The Hall–Kier alpha value is -1.74. The Morgan fingerprint density at radius 2 is 2.19 bits per heavy atom. The molecule has 7 nitrogen and oxygen atoms in total. The Bertz CT molecular complexity index is 499. The van der Waals surface area contributed by atoms with E-state index in [-0.39, 0.29) is 5.84 Å². The quantitative estimate of drug-likeness (QED) is 0.356. The SMILES string of the molecule is NC(=NO)c1nccnc1Sc1ncns1. The average Bonchev–Trinajstić information content (AvgIpc) is 2.82. The molecule has 0 unspecified atom stereocenters. The van der Waals surface area contributed by atoms with Crippen LogP contribution in [-0.4, -0.2) is 30.4 Å². The van der Waals surface area contributed by atoms with Crippen molar-refractivity contribution in [2.75, 3.05) is 0 Å². The van der Waals surface area contributed by atoms with Gasteiger partial charge in [0.05, 0.1) is 0 Å². The van der Waals surface area contributed by atoms with Gasteiger partial charge in [0.2, 0.25) is 0 Å². The van der Waals surface area contributed by atoms with Crippen LogP contribution in [0, 0.1) is 0 Å². The Kier molecular flexibility index (Phi) is 3.27. The summed E-state index contributed by atoms with van der Waals surface area (Å²) in [4.78, 5) is 12.1. The van der Waals surface area contributed by atoms with E-state index in [1.165, 1.54) is 42.0 Å². The van der Waals surface area contributed by atoms with Crippen molar-refractivity contribution in [3.63, 3.8) is 0 Å². The van der Waals surface area contributed by atoms with Crippen LogP contribution in [0.15, 0.2) is 33.2 Å². The monoisotopic (exact) mass is 254 g/mol. The van der Waals surface area contributed by atoms with Crippen molar-refractivity contribution in [1.29, 1.82) is 0 Å². The van der Waals surface area contributed by atoms with Crippen molar-refractivity contribution in [3.8, 4) is 0 Å². The van der Waals surface area contributed by atoms with E-state index in [4.69, 9.17) is 10.9 Å². The van der Waals surface area contributed by atoms with E-state index < -0.39 is 0 Å². The molecule has 0 aliphatic rings. The van der Waals surface area contributed by atoms with Crippen molar-refractivity contribution in [1.82, 2.24) is 19.3 Å². The first-order valence-electron chi connectivity index (χ1n) is 4.04. The molecule has 0 saturated carbocycles. The van der Waals surface area contributed by atoms with Crippen molar-refractivity contribution in [3.05, 3.63) is 24.4 Å². The summed E-state index contributed by atoms with van der Waals surface area (Å²) >= 11 is 2.50. The number of amidine groups is 1. The molecule has 16 heavy (non-hydrogen) atoms. The van der Waals surface area contributed by atoms with Crippen LogP contribution >= 0.6 is 23.3 Å². The maximum atomic E-state index is 8.60. The number of hydrogen-bond donors (Lipinski definition) is 2. The van der Waals surface area contributed by atoms with Gasteiger partial charge in [0, 0.05) is 12.4 Å². The summed E-state index contributed by atoms with van der Waals surface area (Å²) in [5, 5.41) is 12.0. The molecule has 0 aliphatic carbocycles. The Morgan fingerprint density at radius 1 is 1.38 bits per heavy atom. The third-order valence-electron chi connectivity index (χ3n) is 1.54. The van der Waals surface area contributed by atoms with Crippen LogP contribution in [0.4, 0.5) is 0 Å². The van der Waals surface area contributed by atoms with Gasteiger partial charge in [-0.05, 0) is 23.3 Å². The smallest absolute Gasteiger partial charge is 0.191 e. The topological polar surface area (TPSA) is 110 Å². The van der Waals surface area contributed by atoms with Gasteiger partial charge in [-0.25, -0.2) is 15.0 Å². The van der Waals surface area contributed by atoms with Crippen LogP contribution in [0.5, 0.6) is 0 Å². The lowest BCUT2D eigenvalue weighted by atomic mass is 10.4. The lowest BCUT2D eigenvalue weighted by Gasteiger charge is -2.02. The van der Waals surface area contributed by atoms with Crippen molar-refractivity contribution in [2.24, 2.45) is 10.9 Å². The summed E-state index contributed by atoms with van der Waals surface area (Å²) in [6.45, 7) is 0. The van der Waals surface area contributed by atoms with Gasteiger partial charge in [-0.15, -0.1) is 0 Å². The van der Waals surface area contributed by atoms with E-state index in [1.54, 1.807) is 0 Å². The average molecular weight is 254 g/mol. The minimum absolute atomic E-state index is 0.0832. The fourth-order valence-corrected chi connectivity index (χ4v) is 2.34. The van der Waals surface area contributed by atoms with Gasteiger partial charge in [-0.3, -0.25) is 0 Å². The van der Waals surface area contributed by atoms with Crippen molar-refractivity contribution in [2.45, 2.75) is 9.37 Å². The molecular formula is C7H6N6OS2. The molecule has 0 aliphatic heterocycles. The van der Waals surface area contributed by atoms with Crippen molar-refractivity contribution < 1.29 is 5.21 Å². The first-order chi connectivity index (χ1) is 7.81. The molecule has 2 aromatic rings. The summed E-state index contributed by atoms with van der Waals surface area (Å²) in [5.74, 6) is -0.0832. The van der Waals surface area contributed by atoms with Crippen LogP contribution in [0.25, 0.3) is 0 Å². The highest BCUT2D eigenvalue weighted by Gasteiger charge is 2.12. The Labute approximate surface area is 98.6 Å². The number of nitrogens with zero attached hydrogens (tertiary/aromatic N) is 5. The van der Waals surface area contributed by atoms with Gasteiger partial charge in [0.1, 0.15) is 17.0 Å². The van der Waals surface area contributed by atoms with E-state index in [0.717, 1.165) is 0 Å². The second-order valence-electron chi connectivity index (χ2n) is 2.50. The summed E-state index contributed by atoms with van der Waals surface area (Å²) in [6, 6.07) is 0. The summed E-state index contributed by atoms with van der Waals surface area (Å²) in [5.41, 5.74) is 5.80. The predicted molar refractivity (Wildman–Crippen MR) is 58.6 cm³/mol. The largest absolute Gasteiger partial charge is 0.409 e. The zero-order chi connectivity index (χ0) is 11.4. The second-order valence-corrected chi connectivity index (χ2v) is 4.52. The number of oxime groups is 1. The molecule has 0 bridgehead atoms. The van der Waals surface area contributed by atoms with E-state index in [1.807, 2.05) is 0 Å². The molecule has 0 spiro atoms. The third-order valence-corrected chi connectivity index (χ3v) is 3.25. The van der Waals surface area contributed by atoms with Crippen LogP contribution in [0.2, 0.25) is 0 Å². The zero-order valence-electron chi connectivity index (χ0n) is 7.81. The molecule has 0 saturated heterocycles. The molecule has 0 amide bonds. The van der Waals surface area contributed by atoms with Gasteiger partial charge < -0.3 is 10.9 Å². The zero-order valence-corrected chi connectivity index (χ0v) is 9.44. The highest BCUT2D eigenvalue weighted by atomic mass is 32.2. The molecule has 0 aromatic carbocycles. The molecular weight excluding hydrogens is 248 g/mol. The Balaban J connectivity index is 2.34. The van der Waals surface area contributed by atoms with Crippen LogP contribution in [0.1, 0.15) is 5.69 Å². The molecule has 2 aromatic heterocycles. The lowest BCUT2D eigenvalue weighted by molar-refractivity contribution is 0.318. The molecule has 82 valence electrons. The van der Waals surface area contributed by atoms with Crippen LogP contribution < -0.4 is 5.73 Å². The van der Waals surface area contributed by atoms with E-state index in [9.17, 15) is 0 Å². The molecule has 0 fully saturated rings. The number of hydrogen-bond acceptors (Lipinski definition) is 8. The third kappa shape index (κ3) is 2.25. The minimum Gasteiger partial charge on any atom is -0.409 e. The fraction of sp³-hybridized carbons (Fsp3) is 0. The highest BCUT2D eigenvalue weighted by Crippen LogP contribution is 2.27. The summed E-state index contributed by atoms with van der Waals surface area (Å²) < 4.78 is 4.58. The first-order valence-corrected chi connectivity index (χ1v) is 5.63. The maximum Gasteiger partial charge on any atom is 0.191 e. The minimum atomic E-state index is -0.0832. The van der Waals surface area contributed by atoms with E-state index in [0.29, 0.717) is 15.1 Å². The number of aromatic nitrogens is 4. The van der Waals surface area contributed by atoms with Gasteiger partial charge in [0.15, 0.2) is 10.2 Å². The van der Waals surface area contributed by atoms with Gasteiger partial charge >= 0.3 is 0 Å². The number of rotatable bonds is 3.